The average molecular weight is 255 g/mol. The SMILES string of the molecule is O=c1[nH]c2cc(NS(=O)(=O)N3CC3)ccc2o1. The Kier molecular flexibility index (Phi) is 2.04. The summed E-state index contributed by atoms with van der Waals surface area (Å²) in [4.78, 5) is 13.4. The Morgan fingerprint density at radius 1 is 1.35 bits per heavy atom. The Bertz CT molecular complexity index is 726. The standard InChI is InChI=1S/C9H9N3O4S/c13-9-10-7-5-6(1-2-8(7)16-9)11-17(14,15)12-3-4-12/h1-2,5,11H,3-4H2,(H,10,13). The molecular weight excluding hydrogens is 246 g/mol. The van der Waals surface area contributed by atoms with E-state index >= 15 is 0 Å². The van der Waals surface area contributed by atoms with Crippen molar-refractivity contribution >= 4 is 27.0 Å². The minimum Gasteiger partial charge on any atom is -0.408 e. The van der Waals surface area contributed by atoms with Crippen LogP contribution in [0.15, 0.2) is 27.4 Å². The van der Waals surface area contributed by atoms with Crippen molar-refractivity contribution in [3.63, 3.8) is 0 Å². The summed E-state index contributed by atoms with van der Waals surface area (Å²) in [5, 5.41) is 0. The second-order valence-corrected chi connectivity index (χ2v) is 5.40. The van der Waals surface area contributed by atoms with Crippen LogP contribution in [0.25, 0.3) is 11.1 Å². The molecule has 90 valence electrons. The average Bonchev–Trinajstić information content (AvgIpc) is 3.01. The van der Waals surface area contributed by atoms with Gasteiger partial charge in [0, 0.05) is 13.1 Å². The quantitative estimate of drug-likeness (QED) is 0.760. The number of aromatic nitrogens is 1. The van der Waals surface area contributed by atoms with Gasteiger partial charge >= 0.3 is 16.0 Å². The fourth-order valence-electron chi connectivity index (χ4n) is 1.51. The van der Waals surface area contributed by atoms with Gasteiger partial charge < -0.3 is 4.42 Å². The summed E-state index contributed by atoms with van der Waals surface area (Å²) in [6.07, 6.45) is 0. The van der Waals surface area contributed by atoms with Crippen molar-refractivity contribution in [3.05, 3.63) is 28.7 Å². The van der Waals surface area contributed by atoms with Crippen LogP contribution in [0.4, 0.5) is 5.69 Å². The van der Waals surface area contributed by atoms with Crippen LogP contribution < -0.4 is 10.5 Å². The highest BCUT2D eigenvalue weighted by molar-refractivity contribution is 7.90. The topological polar surface area (TPSA) is 95.2 Å². The number of H-pyrrole nitrogens is 1. The Balaban J connectivity index is 1.98. The van der Waals surface area contributed by atoms with E-state index in [1.165, 1.54) is 16.4 Å². The van der Waals surface area contributed by atoms with Gasteiger partial charge in [-0.3, -0.25) is 9.71 Å². The third-order valence-corrected chi connectivity index (χ3v) is 3.95. The summed E-state index contributed by atoms with van der Waals surface area (Å²) in [6.45, 7) is 1.08. The molecule has 0 saturated carbocycles. The van der Waals surface area contributed by atoms with Crippen LogP contribution >= 0.6 is 0 Å². The molecule has 2 N–H and O–H groups in total. The van der Waals surface area contributed by atoms with E-state index in [9.17, 15) is 13.2 Å². The Labute approximate surface area is 96.2 Å². The molecule has 2 heterocycles. The van der Waals surface area contributed by atoms with Gasteiger partial charge in [-0.25, -0.2) is 4.79 Å². The van der Waals surface area contributed by atoms with E-state index in [2.05, 4.69) is 9.71 Å². The lowest BCUT2D eigenvalue weighted by Gasteiger charge is -2.07. The lowest BCUT2D eigenvalue weighted by molar-refractivity contribution is 0.555. The maximum atomic E-state index is 11.6. The number of benzene rings is 1. The van der Waals surface area contributed by atoms with Crippen LogP contribution in [0.2, 0.25) is 0 Å². The van der Waals surface area contributed by atoms with Crippen molar-refractivity contribution in [2.45, 2.75) is 0 Å². The fraction of sp³-hybridized carbons (Fsp3) is 0.222. The molecule has 2 aromatic rings. The highest BCUT2D eigenvalue weighted by Crippen LogP contribution is 2.20. The first-order valence-electron chi connectivity index (χ1n) is 4.95. The molecule has 7 nitrogen and oxygen atoms in total. The first-order valence-corrected chi connectivity index (χ1v) is 6.39. The summed E-state index contributed by atoms with van der Waals surface area (Å²) >= 11 is 0. The molecule has 1 aromatic heterocycles. The number of anilines is 1. The van der Waals surface area contributed by atoms with Crippen molar-refractivity contribution in [2.75, 3.05) is 17.8 Å². The molecule has 0 spiro atoms. The van der Waals surface area contributed by atoms with Gasteiger partial charge in [0.15, 0.2) is 5.58 Å². The van der Waals surface area contributed by atoms with E-state index in [0.29, 0.717) is 29.9 Å². The minimum absolute atomic E-state index is 0.390. The van der Waals surface area contributed by atoms with E-state index < -0.39 is 16.0 Å². The number of hydrogen-bond acceptors (Lipinski definition) is 4. The predicted molar refractivity (Wildman–Crippen MR) is 61.0 cm³/mol. The summed E-state index contributed by atoms with van der Waals surface area (Å²) in [5.74, 6) is -0.564. The summed E-state index contributed by atoms with van der Waals surface area (Å²) in [7, 11) is -3.44. The Morgan fingerprint density at radius 3 is 2.82 bits per heavy atom. The summed E-state index contributed by atoms with van der Waals surface area (Å²) in [6, 6.07) is 4.59. The number of hydrogen-bond donors (Lipinski definition) is 2. The van der Waals surface area contributed by atoms with Gasteiger partial charge in [0.1, 0.15) is 0 Å². The molecule has 0 aliphatic carbocycles. The maximum absolute atomic E-state index is 11.6. The zero-order valence-electron chi connectivity index (χ0n) is 8.63. The third kappa shape index (κ3) is 1.92. The monoisotopic (exact) mass is 255 g/mol. The van der Waals surface area contributed by atoms with Crippen molar-refractivity contribution < 1.29 is 12.8 Å². The molecule has 0 atom stereocenters. The second-order valence-electron chi connectivity index (χ2n) is 3.73. The summed E-state index contributed by atoms with van der Waals surface area (Å²) < 4.78 is 31.8. The molecule has 0 bridgehead atoms. The normalized spacial score (nSPS) is 16.2. The minimum atomic E-state index is -3.44. The molecule has 0 amide bonds. The molecule has 3 rings (SSSR count). The van der Waals surface area contributed by atoms with Gasteiger partial charge in [0.25, 0.3) is 0 Å². The molecule has 1 fully saturated rings. The van der Waals surface area contributed by atoms with Crippen molar-refractivity contribution in [3.8, 4) is 0 Å². The molecule has 0 unspecified atom stereocenters. The van der Waals surface area contributed by atoms with E-state index in [4.69, 9.17) is 4.42 Å². The van der Waals surface area contributed by atoms with Crippen LogP contribution in [0.3, 0.4) is 0 Å². The second kappa shape index (κ2) is 3.34. The fourth-order valence-corrected chi connectivity index (χ4v) is 2.63. The van der Waals surface area contributed by atoms with E-state index in [1.807, 2.05) is 0 Å². The first kappa shape index (κ1) is 10.4. The van der Waals surface area contributed by atoms with Crippen LogP contribution in [-0.2, 0) is 10.2 Å². The predicted octanol–water partition coefficient (Wildman–Crippen LogP) is 0.0934. The number of aromatic amines is 1. The summed E-state index contributed by atoms with van der Waals surface area (Å²) in [5.41, 5.74) is 1.24. The van der Waals surface area contributed by atoms with Gasteiger partial charge in [0.05, 0.1) is 11.2 Å². The van der Waals surface area contributed by atoms with Crippen molar-refractivity contribution in [1.82, 2.24) is 9.29 Å². The molecule has 1 aromatic carbocycles. The van der Waals surface area contributed by atoms with Gasteiger partial charge in [-0.2, -0.15) is 12.7 Å². The number of oxazole rings is 1. The van der Waals surface area contributed by atoms with Crippen LogP contribution in [0.1, 0.15) is 0 Å². The molecule has 17 heavy (non-hydrogen) atoms. The number of nitrogens with zero attached hydrogens (tertiary/aromatic N) is 1. The lowest BCUT2D eigenvalue weighted by atomic mass is 10.3. The molecule has 8 heteroatoms. The highest BCUT2D eigenvalue weighted by Gasteiger charge is 2.31. The largest absolute Gasteiger partial charge is 0.417 e. The van der Waals surface area contributed by atoms with Gasteiger partial charge in [-0.1, -0.05) is 0 Å². The maximum Gasteiger partial charge on any atom is 0.417 e. The van der Waals surface area contributed by atoms with Crippen LogP contribution in [0, 0.1) is 0 Å². The molecule has 0 radical (unpaired) electrons. The highest BCUT2D eigenvalue weighted by atomic mass is 32.2. The molecule has 1 aliphatic heterocycles. The molecule has 1 aliphatic rings. The van der Waals surface area contributed by atoms with E-state index in [-0.39, 0.29) is 0 Å². The molecular formula is C9H9N3O4S. The molecule has 1 saturated heterocycles. The zero-order valence-corrected chi connectivity index (χ0v) is 9.45. The van der Waals surface area contributed by atoms with Crippen LogP contribution in [0.5, 0.6) is 0 Å². The lowest BCUT2D eigenvalue weighted by Crippen LogP contribution is -2.20. The smallest absolute Gasteiger partial charge is 0.408 e. The van der Waals surface area contributed by atoms with Gasteiger partial charge in [-0.05, 0) is 18.2 Å². The van der Waals surface area contributed by atoms with Crippen LogP contribution in [-0.4, -0.2) is 30.8 Å². The Morgan fingerprint density at radius 2 is 2.12 bits per heavy atom. The third-order valence-electron chi connectivity index (χ3n) is 2.41. The number of rotatable bonds is 3. The number of nitrogens with one attached hydrogen (secondary N) is 2. The van der Waals surface area contributed by atoms with Gasteiger partial charge in [0.2, 0.25) is 0 Å². The van der Waals surface area contributed by atoms with E-state index in [0.717, 1.165) is 0 Å². The van der Waals surface area contributed by atoms with Crippen molar-refractivity contribution in [1.29, 1.82) is 0 Å². The Hall–Kier alpha value is -1.80. The number of fused-ring (bicyclic) bond motifs is 1. The first-order chi connectivity index (χ1) is 8.04. The van der Waals surface area contributed by atoms with Gasteiger partial charge in [-0.15, -0.1) is 0 Å². The van der Waals surface area contributed by atoms with Crippen molar-refractivity contribution in [2.24, 2.45) is 0 Å². The zero-order chi connectivity index (χ0) is 12.0. The van der Waals surface area contributed by atoms with E-state index in [1.54, 1.807) is 6.07 Å².